The summed E-state index contributed by atoms with van der Waals surface area (Å²) in [5.41, 5.74) is 0. The van der Waals surface area contributed by atoms with Crippen molar-refractivity contribution in [1.29, 1.82) is 0 Å². The first-order valence-corrected chi connectivity index (χ1v) is 6.50. The van der Waals surface area contributed by atoms with Crippen LogP contribution in [0.25, 0.3) is 0 Å². The van der Waals surface area contributed by atoms with Gasteiger partial charge >= 0.3 is 0 Å². The molecule has 4 nitrogen and oxygen atoms in total. The van der Waals surface area contributed by atoms with Crippen LogP contribution in [-0.2, 0) is 9.53 Å². The van der Waals surface area contributed by atoms with Crippen molar-refractivity contribution in [2.45, 2.75) is 32.2 Å². The number of likely N-dealkylation sites (tertiary alicyclic amines) is 1. The van der Waals surface area contributed by atoms with E-state index in [2.05, 4.69) is 18.8 Å². The van der Waals surface area contributed by atoms with Crippen molar-refractivity contribution < 1.29 is 9.53 Å². The Morgan fingerprint density at radius 3 is 3.12 bits per heavy atom. The third kappa shape index (κ3) is 4.88. The highest BCUT2D eigenvalue weighted by molar-refractivity contribution is 5.83. The highest BCUT2D eigenvalue weighted by atomic mass is 16.5. The molecule has 0 aromatic heterocycles. The summed E-state index contributed by atoms with van der Waals surface area (Å²) in [4.78, 5) is 13.8. The molecular weight excluding hydrogens is 216 g/mol. The smallest absolute Gasteiger partial charge is 0.239 e. The van der Waals surface area contributed by atoms with Crippen LogP contribution in [0.1, 0.15) is 26.2 Å². The molecule has 1 amide bonds. The average molecular weight is 240 g/mol. The molecule has 17 heavy (non-hydrogen) atoms. The van der Waals surface area contributed by atoms with Crippen molar-refractivity contribution in [3.05, 3.63) is 12.7 Å². The Kier molecular flexibility index (Phi) is 6.89. The fourth-order valence-corrected chi connectivity index (χ4v) is 1.91. The van der Waals surface area contributed by atoms with Gasteiger partial charge in [-0.2, -0.15) is 0 Å². The molecule has 1 heterocycles. The number of hydrogen-bond donors (Lipinski definition) is 1. The maximum atomic E-state index is 11.9. The first kappa shape index (κ1) is 14.2. The first-order chi connectivity index (χ1) is 8.29. The van der Waals surface area contributed by atoms with E-state index in [0.717, 1.165) is 32.4 Å². The topological polar surface area (TPSA) is 41.6 Å². The molecule has 0 aliphatic carbocycles. The summed E-state index contributed by atoms with van der Waals surface area (Å²) in [6.45, 7) is 9.54. The van der Waals surface area contributed by atoms with E-state index in [9.17, 15) is 4.79 Å². The lowest BCUT2D eigenvalue weighted by atomic mass is 10.2. The van der Waals surface area contributed by atoms with Crippen LogP contribution >= 0.6 is 0 Å². The lowest BCUT2D eigenvalue weighted by Gasteiger charge is -2.16. The van der Waals surface area contributed by atoms with Gasteiger partial charge in [-0.3, -0.25) is 4.79 Å². The Labute approximate surface area is 104 Å². The Hall–Kier alpha value is -0.870. The number of carbonyl (C=O) groups is 1. The maximum Gasteiger partial charge on any atom is 0.239 e. The minimum absolute atomic E-state index is 0.0307. The van der Waals surface area contributed by atoms with E-state index in [-0.39, 0.29) is 11.9 Å². The van der Waals surface area contributed by atoms with Gasteiger partial charge in [0.15, 0.2) is 0 Å². The van der Waals surface area contributed by atoms with E-state index in [0.29, 0.717) is 19.8 Å². The zero-order chi connectivity index (χ0) is 12.5. The molecule has 1 rings (SSSR count). The first-order valence-electron chi connectivity index (χ1n) is 6.50. The fourth-order valence-electron chi connectivity index (χ4n) is 1.91. The van der Waals surface area contributed by atoms with Gasteiger partial charge in [-0.1, -0.05) is 13.0 Å². The molecule has 1 atom stereocenters. The number of carbonyl (C=O) groups excluding carboxylic acids is 1. The second-order valence-corrected chi connectivity index (χ2v) is 4.31. The lowest BCUT2D eigenvalue weighted by Crippen LogP contribution is -2.39. The molecule has 1 fully saturated rings. The SMILES string of the molecule is C=CCCOCCN1CCC(NCCC)C1=O. The van der Waals surface area contributed by atoms with Crippen molar-refractivity contribution in [3.63, 3.8) is 0 Å². The molecule has 0 aromatic rings. The number of nitrogens with one attached hydrogen (secondary N) is 1. The number of amides is 1. The van der Waals surface area contributed by atoms with E-state index < -0.39 is 0 Å². The Bertz CT molecular complexity index is 244. The van der Waals surface area contributed by atoms with E-state index in [1.54, 1.807) is 0 Å². The minimum atomic E-state index is 0.0307. The van der Waals surface area contributed by atoms with Crippen LogP contribution in [0.2, 0.25) is 0 Å². The molecule has 0 spiro atoms. The van der Waals surface area contributed by atoms with Crippen LogP contribution in [0.3, 0.4) is 0 Å². The molecule has 1 aliphatic rings. The molecule has 4 heteroatoms. The maximum absolute atomic E-state index is 11.9. The lowest BCUT2D eigenvalue weighted by molar-refractivity contribution is -0.130. The van der Waals surface area contributed by atoms with Gasteiger partial charge in [0.25, 0.3) is 0 Å². The van der Waals surface area contributed by atoms with Crippen LogP contribution in [0.15, 0.2) is 12.7 Å². The van der Waals surface area contributed by atoms with Crippen molar-refractivity contribution in [1.82, 2.24) is 10.2 Å². The summed E-state index contributed by atoms with van der Waals surface area (Å²) in [7, 11) is 0. The second-order valence-electron chi connectivity index (χ2n) is 4.31. The van der Waals surface area contributed by atoms with Crippen LogP contribution in [-0.4, -0.2) is 49.7 Å². The minimum Gasteiger partial charge on any atom is -0.379 e. The summed E-state index contributed by atoms with van der Waals surface area (Å²) >= 11 is 0. The van der Waals surface area contributed by atoms with E-state index in [1.807, 2.05) is 11.0 Å². The zero-order valence-corrected chi connectivity index (χ0v) is 10.8. The Morgan fingerprint density at radius 2 is 2.41 bits per heavy atom. The molecule has 1 aliphatic heterocycles. The predicted molar refractivity (Wildman–Crippen MR) is 68.9 cm³/mol. The Balaban J connectivity index is 2.14. The average Bonchev–Trinajstić information content (AvgIpc) is 2.68. The van der Waals surface area contributed by atoms with Gasteiger partial charge in [-0.15, -0.1) is 6.58 Å². The molecule has 1 saturated heterocycles. The van der Waals surface area contributed by atoms with E-state index >= 15 is 0 Å². The van der Waals surface area contributed by atoms with Gasteiger partial charge < -0.3 is 15.0 Å². The summed E-state index contributed by atoms with van der Waals surface area (Å²) in [5, 5.41) is 3.28. The van der Waals surface area contributed by atoms with Crippen molar-refractivity contribution in [2.24, 2.45) is 0 Å². The largest absolute Gasteiger partial charge is 0.379 e. The molecular formula is C13H24N2O2. The van der Waals surface area contributed by atoms with Crippen LogP contribution in [0.4, 0.5) is 0 Å². The molecule has 0 radical (unpaired) electrons. The molecule has 0 bridgehead atoms. The number of rotatable bonds is 9. The number of nitrogens with zero attached hydrogens (tertiary/aromatic N) is 1. The third-order valence-electron chi connectivity index (χ3n) is 2.91. The standard InChI is InChI=1S/C13H24N2O2/c1-3-5-10-17-11-9-15-8-6-12(13(15)16)14-7-4-2/h3,12,14H,1,4-11H2,2H3. The second kappa shape index (κ2) is 8.25. The van der Waals surface area contributed by atoms with Crippen LogP contribution < -0.4 is 5.32 Å². The summed E-state index contributed by atoms with van der Waals surface area (Å²) in [6.07, 6.45) is 4.69. The van der Waals surface area contributed by atoms with Crippen molar-refractivity contribution in [3.8, 4) is 0 Å². The van der Waals surface area contributed by atoms with Gasteiger partial charge in [0, 0.05) is 13.1 Å². The highest BCUT2D eigenvalue weighted by Gasteiger charge is 2.30. The Morgan fingerprint density at radius 1 is 1.59 bits per heavy atom. The van der Waals surface area contributed by atoms with Gasteiger partial charge in [0.05, 0.1) is 19.3 Å². The molecule has 98 valence electrons. The summed E-state index contributed by atoms with van der Waals surface area (Å²) < 4.78 is 5.42. The third-order valence-corrected chi connectivity index (χ3v) is 2.91. The molecule has 0 aromatic carbocycles. The van der Waals surface area contributed by atoms with Crippen LogP contribution in [0, 0.1) is 0 Å². The van der Waals surface area contributed by atoms with Gasteiger partial charge in [0.2, 0.25) is 5.91 Å². The highest BCUT2D eigenvalue weighted by Crippen LogP contribution is 2.10. The van der Waals surface area contributed by atoms with Gasteiger partial charge in [-0.05, 0) is 25.8 Å². The van der Waals surface area contributed by atoms with Crippen LogP contribution in [0.5, 0.6) is 0 Å². The quantitative estimate of drug-likeness (QED) is 0.486. The van der Waals surface area contributed by atoms with Gasteiger partial charge in [0.1, 0.15) is 0 Å². The normalized spacial score (nSPS) is 19.9. The molecule has 1 N–H and O–H groups in total. The van der Waals surface area contributed by atoms with Crippen molar-refractivity contribution in [2.75, 3.05) is 32.8 Å². The molecule has 0 saturated carbocycles. The fraction of sp³-hybridized carbons (Fsp3) is 0.769. The monoisotopic (exact) mass is 240 g/mol. The summed E-state index contributed by atoms with van der Waals surface area (Å²) in [6, 6.07) is 0.0307. The van der Waals surface area contributed by atoms with Crippen molar-refractivity contribution >= 4 is 5.91 Å². The van der Waals surface area contributed by atoms with Gasteiger partial charge in [-0.25, -0.2) is 0 Å². The van der Waals surface area contributed by atoms with E-state index in [1.165, 1.54) is 0 Å². The zero-order valence-electron chi connectivity index (χ0n) is 10.8. The number of ether oxygens (including phenoxy) is 1. The summed E-state index contributed by atoms with van der Waals surface area (Å²) in [5.74, 6) is 0.228. The predicted octanol–water partition coefficient (Wildman–Crippen LogP) is 1.18. The number of hydrogen-bond acceptors (Lipinski definition) is 3. The molecule has 1 unspecified atom stereocenters. The van der Waals surface area contributed by atoms with E-state index in [4.69, 9.17) is 4.74 Å².